The molecule has 2 N–H and O–H groups in total. The van der Waals surface area contributed by atoms with E-state index in [1.807, 2.05) is 26.0 Å². The zero-order chi connectivity index (χ0) is 15.8. The fourth-order valence-corrected chi connectivity index (χ4v) is 1.74. The quantitative estimate of drug-likeness (QED) is 0.772. The van der Waals surface area contributed by atoms with Crippen LogP contribution in [0.3, 0.4) is 0 Å². The van der Waals surface area contributed by atoms with Gasteiger partial charge in [0.05, 0.1) is 18.6 Å². The smallest absolute Gasteiger partial charge is 0.308 e. The van der Waals surface area contributed by atoms with E-state index in [0.717, 1.165) is 5.56 Å². The zero-order valence-electron chi connectivity index (χ0n) is 12.8. The van der Waals surface area contributed by atoms with E-state index in [1.165, 1.54) is 0 Å². The van der Waals surface area contributed by atoms with Crippen LogP contribution >= 0.6 is 0 Å². The third-order valence-electron chi connectivity index (χ3n) is 3.15. The molecule has 1 rings (SSSR count). The average Bonchev–Trinajstić information content (AvgIpc) is 2.45. The molecule has 21 heavy (non-hydrogen) atoms. The molecule has 0 fully saturated rings. The monoisotopic (exact) mass is 293 g/mol. The van der Waals surface area contributed by atoms with E-state index in [1.54, 1.807) is 19.1 Å². The highest BCUT2D eigenvalue weighted by Crippen LogP contribution is 2.08. The van der Waals surface area contributed by atoms with Gasteiger partial charge in [-0.15, -0.1) is 0 Å². The lowest BCUT2D eigenvalue weighted by Gasteiger charge is -2.11. The van der Waals surface area contributed by atoms with Crippen molar-refractivity contribution in [1.29, 1.82) is 0 Å². The van der Waals surface area contributed by atoms with Crippen molar-refractivity contribution in [2.75, 3.05) is 6.54 Å². The van der Waals surface area contributed by atoms with Gasteiger partial charge in [0, 0.05) is 12.1 Å². The fourth-order valence-electron chi connectivity index (χ4n) is 1.74. The average molecular weight is 293 g/mol. The summed E-state index contributed by atoms with van der Waals surface area (Å²) in [6.07, 6.45) is 0.649. The molecule has 1 aromatic rings. The number of amides is 1. The Morgan fingerprint density at radius 2 is 1.86 bits per heavy atom. The van der Waals surface area contributed by atoms with Crippen molar-refractivity contribution < 1.29 is 19.4 Å². The summed E-state index contributed by atoms with van der Waals surface area (Å²) in [5.74, 6) is -1.70. The second kappa shape index (κ2) is 8.42. The third-order valence-corrected chi connectivity index (χ3v) is 3.15. The summed E-state index contributed by atoms with van der Waals surface area (Å²) < 4.78 is 5.48. The van der Waals surface area contributed by atoms with E-state index in [0.29, 0.717) is 18.6 Å². The van der Waals surface area contributed by atoms with E-state index < -0.39 is 11.9 Å². The molecule has 0 saturated carbocycles. The van der Waals surface area contributed by atoms with Crippen molar-refractivity contribution in [2.45, 2.75) is 39.9 Å². The number of hydrogen-bond acceptors (Lipinski definition) is 3. The van der Waals surface area contributed by atoms with E-state index in [4.69, 9.17) is 9.84 Å². The maximum absolute atomic E-state index is 11.9. The number of benzene rings is 1. The van der Waals surface area contributed by atoms with Gasteiger partial charge in [-0.2, -0.15) is 0 Å². The fraction of sp³-hybridized carbons (Fsp3) is 0.500. The number of nitrogens with one attached hydrogen (secondary N) is 1. The van der Waals surface area contributed by atoms with Crippen LogP contribution in [-0.4, -0.2) is 29.6 Å². The predicted octanol–water partition coefficient (Wildman–Crippen LogP) is 2.45. The van der Waals surface area contributed by atoms with Crippen molar-refractivity contribution in [2.24, 2.45) is 5.92 Å². The summed E-state index contributed by atoms with van der Waals surface area (Å²) >= 11 is 0. The molecule has 0 aromatic heterocycles. The lowest BCUT2D eigenvalue weighted by atomic mass is 10.1. The molecule has 1 atom stereocenters. The number of carbonyl (C=O) groups excluding carboxylic acids is 1. The molecule has 0 aliphatic carbocycles. The van der Waals surface area contributed by atoms with Crippen LogP contribution in [0.1, 0.15) is 43.1 Å². The van der Waals surface area contributed by atoms with Gasteiger partial charge < -0.3 is 15.2 Å². The Morgan fingerprint density at radius 1 is 1.24 bits per heavy atom. The molecule has 0 spiro atoms. The Labute approximate surface area is 125 Å². The van der Waals surface area contributed by atoms with Gasteiger partial charge in [-0.25, -0.2) is 0 Å². The highest BCUT2D eigenvalue weighted by atomic mass is 16.5. The summed E-state index contributed by atoms with van der Waals surface area (Å²) in [6, 6.07) is 7.11. The topological polar surface area (TPSA) is 75.6 Å². The van der Waals surface area contributed by atoms with Crippen LogP contribution in [0.15, 0.2) is 24.3 Å². The second-order valence-electron chi connectivity index (χ2n) is 5.21. The molecular formula is C16H23NO4. The summed E-state index contributed by atoms with van der Waals surface area (Å²) in [5, 5.41) is 11.6. The molecule has 0 heterocycles. The molecule has 0 aliphatic heterocycles. The Balaban J connectivity index is 2.53. The molecule has 1 unspecified atom stereocenters. The number of aliphatic carboxylic acids is 1. The second-order valence-corrected chi connectivity index (χ2v) is 5.21. The normalized spacial score (nSPS) is 12.2. The maximum Gasteiger partial charge on any atom is 0.308 e. The van der Waals surface area contributed by atoms with Crippen molar-refractivity contribution in [3.63, 3.8) is 0 Å². The number of rotatable bonds is 8. The molecule has 0 radical (unpaired) electrons. The van der Waals surface area contributed by atoms with Gasteiger partial charge in [0.15, 0.2) is 0 Å². The van der Waals surface area contributed by atoms with Crippen LogP contribution in [0.5, 0.6) is 0 Å². The highest BCUT2D eigenvalue weighted by molar-refractivity contribution is 5.94. The number of carboxylic acid groups (broad SMARTS) is 1. The molecule has 0 bridgehead atoms. The van der Waals surface area contributed by atoms with E-state index >= 15 is 0 Å². The van der Waals surface area contributed by atoms with Crippen molar-refractivity contribution in [1.82, 2.24) is 5.32 Å². The lowest BCUT2D eigenvalue weighted by molar-refractivity contribution is -0.141. The lowest BCUT2D eigenvalue weighted by Crippen LogP contribution is -2.32. The van der Waals surface area contributed by atoms with Crippen molar-refractivity contribution in [3.8, 4) is 0 Å². The third kappa shape index (κ3) is 5.95. The Hall–Kier alpha value is -1.88. The minimum atomic E-state index is -0.890. The molecule has 1 aromatic carbocycles. The number of carboxylic acids is 1. The summed E-state index contributed by atoms with van der Waals surface area (Å²) in [5.41, 5.74) is 1.51. The SMILES string of the molecule is CCC(CNC(=O)c1ccc(COC(C)C)cc1)C(=O)O. The van der Waals surface area contributed by atoms with Gasteiger partial charge in [0.1, 0.15) is 0 Å². The van der Waals surface area contributed by atoms with E-state index in [-0.39, 0.29) is 18.6 Å². The van der Waals surface area contributed by atoms with Gasteiger partial charge in [0.2, 0.25) is 0 Å². The Bertz CT molecular complexity index is 468. The predicted molar refractivity (Wildman–Crippen MR) is 80.1 cm³/mol. The molecule has 5 heteroatoms. The first-order valence-electron chi connectivity index (χ1n) is 7.15. The minimum Gasteiger partial charge on any atom is -0.481 e. The van der Waals surface area contributed by atoms with Gasteiger partial charge in [-0.05, 0) is 38.0 Å². The molecule has 0 saturated heterocycles. The van der Waals surface area contributed by atoms with Crippen LogP contribution in [-0.2, 0) is 16.1 Å². The summed E-state index contributed by atoms with van der Waals surface area (Å²) in [7, 11) is 0. The molecule has 116 valence electrons. The molecular weight excluding hydrogens is 270 g/mol. The van der Waals surface area contributed by atoms with Crippen LogP contribution < -0.4 is 5.32 Å². The first kappa shape index (κ1) is 17.2. The Kier molecular flexibility index (Phi) is 6.88. The maximum atomic E-state index is 11.9. The van der Waals surface area contributed by atoms with Gasteiger partial charge >= 0.3 is 5.97 Å². The zero-order valence-corrected chi connectivity index (χ0v) is 12.8. The van der Waals surface area contributed by atoms with Crippen LogP contribution in [0.2, 0.25) is 0 Å². The standard InChI is InChI=1S/C16H23NO4/c1-4-13(16(19)20)9-17-15(18)14-7-5-12(6-8-14)10-21-11(2)3/h5-8,11,13H,4,9-10H2,1-3H3,(H,17,18)(H,19,20). The van der Waals surface area contributed by atoms with Crippen LogP contribution in [0.4, 0.5) is 0 Å². The van der Waals surface area contributed by atoms with E-state index in [2.05, 4.69) is 5.32 Å². The summed E-state index contributed by atoms with van der Waals surface area (Å²) in [6.45, 7) is 6.37. The van der Waals surface area contributed by atoms with Gasteiger partial charge in [-0.3, -0.25) is 9.59 Å². The summed E-state index contributed by atoms with van der Waals surface area (Å²) in [4.78, 5) is 22.8. The Morgan fingerprint density at radius 3 is 2.33 bits per heavy atom. The van der Waals surface area contributed by atoms with Crippen LogP contribution in [0.25, 0.3) is 0 Å². The van der Waals surface area contributed by atoms with Crippen molar-refractivity contribution in [3.05, 3.63) is 35.4 Å². The first-order valence-corrected chi connectivity index (χ1v) is 7.15. The number of hydrogen-bond donors (Lipinski definition) is 2. The molecule has 0 aliphatic rings. The largest absolute Gasteiger partial charge is 0.481 e. The molecule has 1 amide bonds. The first-order chi connectivity index (χ1) is 9.93. The van der Waals surface area contributed by atoms with E-state index in [9.17, 15) is 9.59 Å². The highest BCUT2D eigenvalue weighted by Gasteiger charge is 2.16. The van der Waals surface area contributed by atoms with Crippen LogP contribution in [0, 0.1) is 5.92 Å². The molecule has 5 nitrogen and oxygen atoms in total. The minimum absolute atomic E-state index is 0.142. The van der Waals surface area contributed by atoms with Gasteiger partial charge in [-0.1, -0.05) is 19.1 Å². The number of carbonyl (C=O) groups is 2. The van der Waals surface area contributed by atoms with Crippen molar-refractivity contribution >= 4 is 11.9 Å². The number of ether oxygens (including phenoxy) is 1. The van der Waals surface area contributed by atoms with Gasteiger partial charge in [0.25, 0.3) is 5.91 Å².